The van der Waals surface area contributed by atoms with Gasteiger partial charge in [-0.25, -0.2) is 13.2 Å². The van der Waals surface area contributed by atoms with Crippen molar-refractivity contribution in [1.82, 2.24) is 0 Å². The molecule has 0 spiro atoms. The molecule has 1 aromatic carbocycles. The minimum Gasteiger partial charge on any atom is -0.478 e. The first kappa shape index (κ1) is 14.3. The third-order valence-electron chi connectivity index (χ3n) is 1.74. The van der Waals surface area contributed by atoms with Crippen molar-refractivity contribution in [3.8, 4) is 0 Å². The highest BCUT2D eigenvalue weighted by molar-refractivity contribution is 7.92. The number of anilines is 1. The Kier molecular flexibility index (Phi) is 3.85. The van der Waals surface area contributed by atoms with E-state index in [-0.39, 0.29) is 11.3 Å². The summed E-state index contributed by atoms with van der Waals surface area (Å²) < 4.78 is 59.7. The van der Waals surface area contributed by atoms with Gasteiger partial charge in [-0.05, 0) is 18.2 Å². The Morgan fingerprint density at radius 1 is 1.33 bits per heavy atom. The van der Waals surface area contributed by atoms with Crippen LogP contribution < -0.4 is 4.72 Å². The lowest BCUT2D eigenvalue weighted by Gasteiger charge is -2.10. The Hall–Kier alpha value is -1.77. The molecule has 0 amide bonds. The normalized spacial score (nSPS) is 12.2. The minimum atomic E-state index is -4.86. The summed E-state index contributed by atoms with van der Waals surface area (Å²) >= 11 is 0. The van der Waals surface area contributed by atoms with Gasteiger partial charge in [0.2, 0.25) is 10.0 Å². The maximum Gasteiger partial charge on any atom is 0.404 e. The average molecular weight is 283 g/mol. The molecule has 1 rings (SSSR count). The zero-order chi connectivity index (χ0) is 14.0. The predicted octanol–water partition coefficient (Wildman–Crippen LogP) is 1.69. The largest absolute Gasteiger partial charge is 0.478 e. The van der Waals surface area contributed by atoms with Gasteiger partial charge in [-0.2, -0.15) is 13.2 Å². The van der Waals surface area contributed by atoms with Crippen molar-refractivity contribution < 1.29 is 31.5 Å². The molecule has 0 aliphatic rings. The van der Waals surface area contributed by atoms with Crippen LogP contribution >= 0.6 is 0 Å². The molecule has 0 radical (unpaired) electrons. The molecule has 5 nitrogen and oxygen atoms in total. The second-order valence-electron chi connectivity index (χ2n) is 3.36. The fourth-order valence-electron chi connectivity index (χ4n) is 1.15. The standard InChI is InChI=1S/C9H8F3NO4S/c10-9(11,12)5-18(16,17)13-7-3-1-2-6(4-7)8(14)15/h1-4,13H,5H2,(H,14,15). The molecule has 0 aromatic heterocycles. The van der Waals surface area contributed by atoms with Crippen LogP contribution in [0.2, 0.25) is 0 Å². The molecule has 0 fully saturated rings. The molecule has 0 bridgehead atoms. The summed E-state index contributed by atoms with van der Waals surface area (Å²) in [6.45, 7) is 0. The van der Waals surface area contributed by atoms with Gasteiger partial charge in [0, 0.05) is 5.69 Å². The maximum absolute atomic E-state index is 11.9. The van der Waals surface area contributed by atoms with E-state index in [1.165, 1.54) is 12.1 Å². The van der Waals surface area contributed by atoms with Crippen LogP contribution in [0.15, 0.2) is 24.3 Å². The molecule has 18 heavy (non-hydrogen) atoms. The Morgan fingerprint density at radius 3 is 2.44 bits per heavy atom. The molecule has 1 aromatic rings. The van der Waals surface area contributed by atoms with Gasteiger partial charge in [0.15, 0.2) is 5.75 Å². The minimum absolute atomic E-state index is 0.234. The molecule has 0 aliphatic heterocycles. The molecule has 0 saturated carbocycles. The SMILES string of the molecule is O=C(O)c1cccc(NS(=O)(=O)CC(F)(F)F)c1. The lowest BCUT2D eigenvalue weighted by molar-refractivity contribution is -0.106. The van der Waals surface area contributed by atoms with Gasteiger partial charge in [-0.1, -0.05) is 6.07 Å². The average Bonchev–Trinajstić information content (AvgIpc) is 2.12. The summed E-state index contributed by atoms with van der Waals surface area (Å²) in [4.78, 5) is 10.6. The lowest BCUT2D eigenvalue weighted by atomic mass is 10.2. The summed E-state index contributed by atoms with van der Waals surface area (Å²) in [5.41, 5.74) is -0.471. The van der Waals surface area contributed by atoms with Gasteiger partial charge in [-0.15, -0.1) is 0 Å². The highest BCUT2D eigenvalue weighted by Crippen LogP contribution is 2.19. The number of carboxylic acids is 1. The number of aromatic carboxylic acids is 1. The number of alkyl halides is 3. The number of halogens is 3. The van der Waals surface area contributed by atoms with E-state index in [0.29, 0.717) is 0 Å². The first-order valence-electron chi connectivity index (χ1n) is 4.50. The van der Waals surface area contributed by atoms with Crippen LogP contribution in [0.1, 0.15) is 10.4 Å². The molecule has 0 aliphatic carbocycles. The van der Waals surface area contributed by atoms with Crippen LogP contribution in [-0.4, -0.2) is 31.4 Å². The number of hydrogen-bond donors (Lipinski definition) is 2. The fraction of sp³-hybridized carbons (Fsp3) is 0.222. The number of carbonyl (C=O) groups is 1. The Balaban J connectivity index is 2.91. The molecule has 9 heteroatoms. The van der Waals surface area contributed by atoms with E-state index < -0.39 is 27.9 Å². The predicted molar refractivity (Wildman–Crippen MR) is 56.9 cm³/mol. The highest BCUT2D eigenvalue weighted by Gasteiger charge is 2.35. The number of nitrogens with one attached hydrogen (secondary N) is 1. The first-order valence-corrected chi connectivity index (χ1v) is 6.15. The summed E-state index contributed by atoms with van der Waals surface area (Å²) in [6.07, 6.45) is -4.86. The van der Waals surface area contributed by atoms with Crippen LogP contribution in [-0.2, 0) is 10.0 Å². The fourth-order valence-corrected chi connectivity index (χ4v) is 2.14. The molecule has 0 saturated heterocycles. The molecule has 0 heterocycles. The Bertz CT molecular complexity index is 553. The van der Waals surface area contributed by atoms with Gasteiger partial charge in [0.25, 0.3) is 0 Å². The second-order valence-corrected chi connectivity index (χ2v) is 5.08. The van der Waals surface area contributed by atoms with Gasteiger partial charge >= 0.3 is 12.1 Å². The topological polar surface area (TPSA) is 83.5 Å². The van der Waals surface area contributed by atoms with Crippen LogP contribution in [0.3, 0.4) is 0 Å². The van der Waals surface area contributed by atoms with Gasteiger partial charge in [-0.3, -0.25) is 4.72 Å². The highest BCUT2D eigenvalue weighted by atomic mass is 32.2. The maximum atomic E-state index is 11.9. The zero-order valence-electron chi connectivity index (χ0n) is 8.73. The van der Waals surface area contributed by atoms with E-state index in [0.717, 1.165) is 12.1 Å². The van der Waals surface area contributed by atoms with E-state index in [4.69, 9.17) is 5.11 Å². The summed E-state index contributed by atoms with van der Waals surface area (Å²) in [5.74, 6) is -3.34. The summed E-state index contributed by atoms with van der Waals surface area (Å²) in [5, 5.41) is 8.64. The van der Waals surface area contributed by atoms with E-state index >= 15 is 0 Å². The summed E-state index contributed by atoms with van der Waals surface area (Å²) in [6, 6.07) is 4.48. The smallest absolute Gasteiger partial charge is 0.404 e. The number of sulfonamides is 1. The molecule has 0 unspecified atom stereocenters. The van der Waals surface area contributed by atoms with Crippen molar-refractivity contribution >= 4 is 21.7 Å². The van der Waals surface area contributed by atoms with Crippen molar-refractivity contribution in [2.75, 3.05) is 10.5 Å². The molecular formula is C9H8F3NO4S. The van der Waals surface area contributed by atoms with Crippen LogP contribution in [0.5, 0.6) is 0 Å². The summed E-state index contributed by atoms with van der Waals surface area (Å²) in [7, 11) is -4.60. The Labute approximate surface area is 100 Å². The van der Waals surface area contributed by atoms with Gasteiger partial charge < -0.3 is 5.11 Å². The monoisotopic (exact) mass is 283 g/mol. The van der Waals surface area contributed by atoms with Crippen molar-refractivity contribution in [3.63, 3.8) is 0 Å². The number of rotatable bonds is 4. The molecular weight excluding hydrogens is 275 g/mol. The third kappa shape index (κ3) is 4.62. The first-order chi connectivity index (χ1) is 8.09. The number of hydrogen-bond acceptors (Lipinski definition) is 3. The van der Waals surface area contributed by atoms with Crippen LogP contribution in [0, 0.1) is 0 Å². The van der Waals surface area contributed by atoms with E-state index in [1.54, 1.807) is 4.72 Å². The van der Waals surface area contributed by atoms with Gasteiger partial charge in [0.1, 0.15) is 0 Å². The van der Waals surface area contributed by atoms with Crippen molar-refractivity contribution in [1.29, 1.82) is 0 Å². The van der Waals surface area contributed by atoms with Gasteiger partial charge in [0.05, 0.1) is 5.56 Å². The molecule has 100 valence electrons. The van der Waals surface area contributed by atoms with Crippen LogP contribution in [0.25, 0.3) is 0 Å². The van der Waals surface area contributed by atoms with E-state index in [1.807, 2.05) is 0 Å². The van der Waals surface area contributed by atoms with Crippen molar-refractivity contribution in [3.05, 3.63) is 29.8 Å². The number of carboxylic acid groups (broad SMARTS) is 1. The molecule has 2 N–H and O–H groups in total. The number of benzene rings is 1. The zero-order valence-corrected chi connectivity index (χ0v) is 9.55. The third-order valence-corrected chi connectivity index (χ3v) is 2.99. The second kappa shape index (κ2) is 4.84. The van der Waals surface area contributed by atoms with Crippen LogP contribution in [0.4, 0.5) is 18.9 Å². The van der Waals surface area contributed by atoms with Crippen molar-refractivity contribution in [2.24, 2.45) is 0 Å². The quantitative estimate of drug-likeness (QED) is 0.880. The van der Waals surface area contributed by atoms with E-state index in [9.17, 15) is 26.4 Å². The van der Waals surface area contributed by atoms with E-state index in [2.05, 4.69) is 0 Å². The Morgan fingerprint density at radius 2 is 1.94 bits per heavy atom. The molecule has 0 atom stereocenters. The lowest BCUT2D eigenvalue weighted by Crippen LogP contribution is -2.27. The van der Waals surface area contributed by atoms with Crippen molar-refractivity contribution in [2.45, 2.75) is 6.18 Å².